The van der Waals surface area contributed by atoms with Crippen LogP contribution in [0.5, 0.6) is 23.0 Å². The highest BCUT2D eigenvalue weighted by Gasteiger charge is 2.18. The smallest absolute Gasteiger partial charge is 0.203 e. The van der Waals surface area contributed by atoms with Crippen LogP contribution in [0.1, 0.15) is 42.6 Å². The van der Waals surface area contributed by atoms with Gasteiger partial charge in [-0.05, 0) is 49.8 Å². The fourth-order valence-corrected chi connectivity index (χ4v) is 3.09. The largest absolute Gasteiger partial charge is 0.493 e. The van der Waals surface area contributed by atoms with Crippen LogP contribution in [0.25, 0.3) is 6.08 Å². The molecule has 0 radical (unpaired) electrons. The highest BCUT2D eigenvalue weighted by molar-refractivity contribution is 6.11. The topological polar surface area (TPSA) is 80.0 Å². The lowest BCUT2D eigenvalue weighted by molar-refractivity contribution is 0.103. The lowest BCUT2D eigenvalue weighted by atomic mass is 9.96. The first-order valence-corrected chi connectivity index (χ1v) is 9.57. The SMILES string of the molecule is CCC/C(=C\c1ccc(OC)c(OC)c1OC)C(=O)c1ccc(N)c(OCC)c1. The van der Waals surface area contributed by atoms with Gasteiger partial charge in [0.1, 0.15) is 5.75 Å². The lowest BCUT2D eigenvalue weighted by Crippen LogP contribution is -2.06. The third kappa shape index (κ3) is 5.02. The molecule has 156 valence electrons. The van der Waals surface area contributed by atoms with Crippen LogP contribution in [-0.4, -0.2) is 33.7 Å². The Morgan fingerprint density at radius 2 is 1.69 bits per heavy atom. The van der Waals surface area contributed by atoms with E-state index in [4.69, 9.17) is 24.7 Å². The molecule has 0 aliphatic rings. The molecule has 6 nitrogen and oxygen atoms in total. The number of allylic oxidation sites excluding steroid dienone is 1. The molecule has 0 aliphatic carbocycles. The number of benzene rings is 2. The van der Waals surface area contributed by atoms with Gasteiger partial charge in [0.15, 0.2) is 17.3 Å². The third-order valence-corrected chi connectivity index (χ3v) is 4.45. The summed E-state index contributed by atoms with van der Waals surface area (Å²) in [5, 5.41) is 0. The Morgan fingerprint density at radius 3 is 2.28 bits per heavy atom. The fraction of sp³-hybridized carbons (Fsp3) is 0.348. The standard InChI is InChI=1S/C23H29NO5/c1-6-8-15(21(25)16-9-11-18(24)20(14-16)29-7-2)13-17-10-12-19(26-3)23(28-5)22(17)27-4/h9-14H,6-8,24H2,1-5H3/b15-13+. The predicted octanol–water partition coefficient (Wildman–Crippen LogP) is 4.76. The van der Waals surface area contributed by atoms with E-state index in [9.17, 15) is 4.79 Å². The molecule has 6 heteroatoms. The quantitative estimate of drug-likeness (QED) is 0.352. The molecule has 0 bridgehead atoms. The Kier molecular flexibility index (Phi) is 7.95. The van der Waals surface area contributed by atoms with Gasteiger partial charge >= 0.3 is 0 Å². The summed E-state index contributed by atoms with van der Waals surface area (Å²) in [6.45, 7) is 4.38. The number of carbonyl (C=O) groups is 1. The third-order valence-electron chi connectivity index (χ3n) is 4.45. The number of hydrogen-bond acceptors (Lipinski definition) is 6. The van der Waals surface area contributed by atoms with Crippen molar-refractivity contribution in [1.29, 1.82) is 0 Å². The van der Waals surface area contributed by atoms with Gasteiger partial charge in [0, 0.05) is 16.7 Å². The number of ether oxygens (including phenoxy) is 4. The van der Waals surface area contributed by atoms with Crippen molar-refractivity contribution in [3.8, 4) is 23.0 Å². The van der Waals surface area contributed by atoms with Crippen LogP contribution < -0.4 is 24.7 Å². The van der Waals surface area contributed by atoms with Crippen molar-refractivity contribution in [1.82, 2.24) is 0 Å². The first-order chi connectivity index (χ1) is 14.0. The number of nitrogen functional groups attached to an aromatic ring is 1. The molecule has 2 aromatic rings. The minimum atomic E-state index is -0.0790. The van der Waals surface area contributed by atoms with E-state index in [2.05, 4.69) is 0 Å². The molecular formula is C23H29NO5. The van der Waals surface area contributed by atoms with Gasteiger partial charge < -0.3 is 24.7 Å². The van der Waals surface area contributed by atoms with Crippen molar-refractivity contribution >= 4 is 17.5 Å². The Bertz CT molecular complexity index is 889. The molecule has 0 atom stereocenters. The predicted molar refractivity (Wildman–Crippen MR) is 115 cm³/mol. The summed E-state index contributed by atoms with van der Waals surface area (Å²) in [6, 6.07) is 8.74. The van der Waals surface area contributed by atoms with Crippen molar-refractivity contribution < 1.29 is 23.7 Å². The van der Waals surface area contributed by atoms with Crippen LogP contribution in [0.15, 0.2) is 35.9 Å². The molecule has 0 saturated heterocycles. The first-order valence-electron chi connectivity index (χ1n) is 9.57. The van der Waals surface area contributed by atoms with Gasteiger partial charge in [-0.3, -0.25) is 4.79 Å². The van der Waals surface area contributed by atoms with E-state index in [1.54, 1.807) is 45.6 Å². The number of Topliss-reactive ketones (excluding diaryl/α,β-unsaturated/α-hetero) is 1. The number of rotatable bonds is 10. The van der Waals surface area contributed by atoms with Crippen molar-refractivity contribution in [2.24, 2.45) is 0 Å². The summed E-state index contributed by atoms with van der Waals surface area (Å²) in [6.07, 6.45) is 3.27. The van der Waals surface area contributed by atoms with E-state index in [0.717, 1.165) is 12.0 Å². The van der Waals surface area contributed by atoms with E-state index in [0.29, 0.717) is 52.8 Å². The average molecular weight is 399 g/mol. The van der Waals surface area contributed by atoms with E-state index < -0.39 is 0 Å². The maximum absolute atomic E-state index is 13.2. The van der Waals surface area contributed by atoms with Crippen molar-refractivity contribution in [3.63, 3.8) is 0 Å². The van der Waals surface area contributed by atoms with Crippen LogP contribution in [0.2, 0.25) is 0 Å². The first kappa shape index (κ1) is 22.1. The average Bonchev–Trinajstić information content (AvgIpc) is 2.74. The Hall–Kier alpha value is -3.15. The van der Waals surface area contributed by atoms with Crippen molar-refractivity contribution in [2.75, 3.05) is 33.7 Å². The summed E-state index contributed by atoms with van der Waals surface area (Å²) in [5.41, 5.74) is 8.37. The van der Waals surface area contributed by atoms with E-state index >= 15 is 0 Å². The van der Waals surface area contributed by atoms with Gasteiger partial charge in [0.25, 0.3) is 0 Å². The van der Waals surface area contributed by atoms with Crippen LogP contribution in [0.4, 0.5) is 5.69 Å². The molecule has 0 spiro atoms. The van der Waals surface area contributed by atoms with Crippen LogP contribution >= 0.6 is 0 Å². The van der Waals surface area contributed by atoms with Gasteiger partial charge in [-0.2, -0.15) is 0 Å². The molecule has 0 saturated carbocycles. The highest BCUT2D eigenvalue weighted by atomic mass is 16.5. The van der Waals surface area contributed by atoms with Crippen LogP contribution in [0.3, 0.4) is 0 Å². The van der Waals surface area contributed by atoms with Crippen molar-refractivity contribution in [2.45, 2.75) is 26.7 Å². The van der Waals surface area contributed by atoms with E-state index in [-0.39, 0.29) is 5.78 Å². The van der Waals surface area contributed by atoms with Crippen LogP contribution in [-0.2, 0) is 0 Å². The summed E-state index contributed by atoms with van der Waals surface area (Å²) in [5.74, 6) is 1.99. The summed E-state index contributed by atoms with van der Waals surface area (Å²) < 4.78 is 21.9. The number of methoxy groups -OCH3 is 3. The van der Waals surface area contributed by atoms with Gasteiger partial charge in [-0.15, -0.1) is 0 Å². The molecule has 2 rings (SSSR count). The van der Waals surface area contributed by atoms with Gasteiger partial charge in [0.2, 0.25) is 5.75 Å². The van der Waals surface area contributed by atoms with E-state index in [1.807, 2.05) is 26.0 Å². The number of nitrogens with two attached hydrogens (primary N) is 1. The minimum Gasteiger partial charge on any atom is -0.493 e. The Balaban J connectivity index is 2.53. The number of hydrogen-bond donors (Lipinski definition) is 1. The van der Waals surface area contributed by atoms with Crippen molar-refractivity contribution in [3.05, 3.63) is 47.0 Å². The molecular weight excluding hydrogens is 370 g/mol. The maximum Gasteiger partial charge on any atom is 0.203 e. The fourth-order valence-electron chi connectivity index (χ4n) is 3.09. The summed E-state index contributed by atoms with van der Waals surface area (Å²) >= 11 is 0. The second-order valence-corrected chi connectivity index (χ2v) is 6.36. The molecule has 2 aromatic carbocycles. The molecule has 0 aromatic heterocycles. The number of ketones is 1. The zero-order chi connectivity index (χ0) is 21.4. The Labute approximate surface area is 172 Å². The van der Waals surface area contributed by atoms with E-state index in [1.165, 1.54) is 0 Å². The number of carbonyl (C=O) groups excluding carboxylic acids is 1. The van der Waals surface area contributed by atoms with Crippen LogP contribution in [0, 0.1) is 0 Å². The monoisotopic (exact) mass is 399 g/mol. The molecule has 0 fully saturated rings. The molecule has 2 N–H and O–H groups in total. The lowest BCUT2D eigenvalue weighted by Gasteiger charge is -2.15. The summed E-state index contributed by atoms with van der Waals surface area (Å²) in [4.78, 5) is 13.2. The minimum absolute atomic E-state index is 0.0790. The molecule has 0 heterocycles. The second-order valence-electron chi connectivity index (χ2n) is 6.36. The highest BCUT2D eigenvalue weighted by Crippen LogP contribution is 2.41. The second kappa shape index (κ2) is 10.4. The Morgan fingerprint density at radius 1 is 0.966 bits per heavy atom. The molecule has 0 unspecified atom stereocenters. The molecule has 0 aliphatic heterocycles. The zero-order valence-corrected chi connectivity index (χ0v) is 17.7. The van der Waals surface area contributed by atoms with Gasteiger partial charge in [-0.25, -0.2) is 0 Å². The van der Waals surface area contributed by atoms with Gasteiger partial charge in [0.05, 0.1) is 33.6 Å². The molecule has 0 amide bonds. The maximum atomic E-state index is 13.2. The number of anilines is 1. The molecule has 29 heavy (non-hydrogen) atoms. The zero-order valence-electron chi connectivity index (χ0n) is 17.7. The normalized spacial score (nSPS) is 11.1. The van der Waals surface area contributed by atoms with Gasteiger partial charge in [-0.1, -0.05) is 13.3 Å². The summed E-state index contributed by atoms with van der Waals surface area (Å²) in [7, 11) is 4.68.